The molecular formula is C20H9Br2F6N. The van der Waals surface area contributed by atoms with Crippen LogP contribution >= 0.6 is 31.9 Å². The average Bonchev–Trinajstić information content (AvgIpc) is 2.93. The van der Waals surface area contributed by atoms with E-state index in [0.29, 0.717) is 21.8 Å². The molecule has 4 rings (SSSR count). The molecule has 0 aliphatic heterocycles. The van der Waals surface area contributed by atoms with Crippen LogP contribution in [-0.2, 0) is 12.4 Å². The topological polar surface area (TPSA) is 4.93 Å². The molecule has 0 saturated carbocycles. The van der Waals surface area contributed by atoms with Crippen molar-refractivity contribution in [1.82, 2.24) is 4.57 Å². The first kappa shape index (κ1) is 20.3. The van der Waals surface area contributed by atoms with Crippen molar-refractivity contribution in [2.75, 3.05) is 0 Å². The Morgan fingerprint density at radius 2 is 1.00 bits per heavy atom. The van der Waals surface area contributed by atoms with E-state index in [1.54, 1.807) is 36.4 Å². The molecule has 4 aromatic rings. The SMILES string of the molecule is FC(F)(F)c1cc(-n2c3ccc(Br)cc3c3cc(Br)ccc32)cc(C(F)(F)F)c1. The summed E-state index contributed by atoms with van der Waals surface area (Å²) >= 11 is 6.72. The van der Waals surface area contributed by atoms with Crippen LogP contribution in [0.15, 0.2) is 63.5 Å². The molecule has 9 heteroatoms. The lowest BCUT2D eigenvalue weighted by Gasteiger charge is -2.16. The molecule has 1 aromatic heterocycles. The maximum absolute atomic E-state index is 13.3. The van der Waals surface area contributed by atoms with Crippen molar-refractivity contribution in [3.8, 4) is 5.69 Å². The summed E-state index contributed by atoms with van der Waals surface area (Å²) < 4.78 is 82.8. The molecule has 0 atom stereocenters. The number of hydrogen-bond donors (Lipinski definition) is 0. The van der Waals surface area contributed by atoms with Gasteiger partial charge in [-0.3, -0.25) is 0 Å². The van der Waals surface area contributed by atoms with Crippen LogP contribution in [0.5, 0.6) is 0 Å². The van der Waals surface area contributed by atoms with Crippen LogP contribution < -0.4 is 0 Å². The zero-order valence-electron chi connectivity index (χ0n) is 14.2. The third-order valence-electron chi connectivity index (χ3n) is 4.52. The summed E-state index contributed by atoms with van der Waals surface area (Å²) in [5.41, 5.74) is -1.93. The van der Waals surface area contributed by atoms with Gasteiger partial charge in [-0.25, -0.2) is 0 Å². The number of halogens is 8. The smallest absolute Gasteiger partial charge is 0.309 e. The van der Waals surface area contributed by atoms with Gasteiger partial charge in [0.05, 0.1) is 22.2 Å². The number of rotatable bonds is 1. The summed E-state index contributed by atoms with van der Waals surface area (Å²) in [6.45, 7) is 0. The molecule has 1 nitrogen and oxygen atoms in total. The number of nitrogens with zero attached hydrogens (tertiary/aromatic N) is 1. The Morgan fingerprint density at radius 3 is 1.38 bits per heavy atom. The van der Waals surface area contributed by atoms with Crippen molar-refractivity contribution >= 4 is 53.7 Å². The van der Waals surface area contributed by atoms with E-state index in [9.17, 15) is 26.3 Å². The Morgan fingerprint density at radius 1 is 0.586 bits per heavy atom. The van der Waals surface area contributed by atoms with Crippen molar-refractivity contribution in [3.63, 3.8) is 0 Å². The van der Waals surface area contributed by atoms with Gasteiger partial charge in [-0.05, 0) is 54.6 Å². The van der Waals surface area contributed by atoms with Gasteiger partial charge >= 0.3 is 12.4 Å². The summed E-state index contributed by atoms with van der Waals surface area (Å²) in [6, 6.07) is 11.8. The molecule has 3 aromatic carbocycles. The first-order chi connectivity index (χ1) is 13.4. The summed E-state index contributed by atoms with van der Waals surface area (Å²) in [6.07, 6.45) is -9.83. The maximum atomic E-state index is 13.3. The lowest BCUT2D eigenvalue weighted by Crippen LogP contribution is -2.12. The maximum Gasteiger partial charge on any atom is 0.416 e. The van der Waals surface area contributed by atoms with Gasteiger partial charge in [-0.15, -0.1) is 0 Å². The second kappa shape index (κ2) is 6.77. The zero-order chi connectivity index (χ0) is 21.1. The molecule has 0 radical (unpaired) electrons. The molecule has 150 valence electrons. The molecule has 29 heavy (non-hydrogen) atoms. The quantitative estimate of drug-likeness (QED) is 0.215. The van der Waals surface area contributed by atoms with Gasteiger partial charge in [0.2, 0.25) is 0 Å². The minimum atomic E-state index is -4.92. The monoisotopic (exact) mass is 535 g/mol. The van der Waals surface area contributed by atoms with E-state index in [0.717, 1.165) is 21.1 Å². The molecule has 0 spiro atoms. The van der Waals surface area contributed by atoms with Gasteiger partial charge in [-0.2, -0.15) is 26.3 Å². The largest absolute Gasteiger partial charge is 0.416 e. The van der Waals surface area contributed by atoms with Crippen LogP contribution in [0.1, 0.15) is 11.1 Å². The molecule has 0 fully saturated rings. The summed E-state index contributed by atoms with van der Waals surface area (Å²) in [5, 5.41) is 1.39. The molecule has 0 aliphatic carbocycles. The highest BCUT2D eigenvalue weighted by molar-refractivity contribution is 9.10. The lowest BCUT2D eigenvalue weighted by molar-refractivity contribution is -0.143. The van der Waals surface area contributed by atoms with Crippen molar-refractivity contribution in [2.24, 2.45) is 0 Å². The van der Waals surface area contributed by atoms with E-state index in [2.05, 4.69) is 31.9 Å². The normalized spacial score (nSPS) is 12.8. The molecule has 0 saturated heterocycles. The van der Waals surface area contributed by atoms with E-state index < -0.39 is 23.5 Å². The Balaban J connectivity index is 2.14. The van der Waals surface area contributed by atoms with Gasteiger partial charge in [0.1, 0.15) is 0 Å². The number of hydrogen-bond acceptors (Lipinski definition) is 0. The van der Waals surface area contributed by atoms with E-state index >= 15 is 0 Å². The van der Waals surface area contributed by atoms with E-state index in [4.69, 9.17) is 0 Å². The van der Waals surface area contributed by atoms with Crippen molar-refractivity contribution in [3.05, 3.63) is 74.7 Å². The van der Waals surface area contributed by atoms with E-state index in [1.807, 2.05) is 0 Å². The van der Waals surface area contributed by atoms with Crippen LogP contribution in [-0.4, -0.2) is 4.57 Å². The molecule has 0 unspecified atom stereocenters. The van der Waals surface area contributed by atoms with Gasteiger partial charge in [-0.1, -0.05) is 31.9 Å². The molecule has 1 heterocycles. The van der Waals surface area contributed by atoms with Crippen LogP contribution in [0.3, 0.4) is 0 Å². The van der Waals surface area contributed by atoms with Crippen molar-refractivity contribution in [1.29, 1.82) is 0 Å². The van der Waals surface area contributed by atoms with Crippen molar-refractivity contribution in [2.45, 2.75) is 12.4 Å². The standard InChI is InChI=1S/C20H9Br2F6N/c21-12-1-3-17-15(8-12)16-9-13(22)2-4-18(16)29(17)14-6-10(19(23,24)25)5-11(7-14)20(26,27)28/h1-9H. The molecular weight excluding hydrogens is 528 g/mol. The second-order valence-corrected chi connectivity index (χ2v) is 8.25. The summed E-state index contributed by atoms with van der Waals surface area (Å²) in [5.74, 6) is 0. The van der Waals surface area contributed by atoms with Gasteiger partial charge in [0.15, 0.2) is 0 Å². The van der Waals surface area contributed by atoms with Gasteiger partial charge < -0.3 is 4.57 Å². The highest BCUT2D eigenvalue weighted by atomic mass is 79.9. The third kappa shape index (κ3) is 3.66. The average molecular weight is 537 g/mol. The van der Waals surface area contributed by atoms with Gasteiger partial charge in [0, 0.05) is 25.4 Å². The molecule has 0 N–H and O–H groups in total. The fraction of sp³-hybridized carbons (Fsp3) is 0.100. The minimum absolute atomic E-state index is 0.130. The Kier molecular flexibility index (Phi) is 4.73. The highest BCUT2D eigenvalue weighted by Gasteiger charge is 2.37. The first-order valence-electron chi connectivity index (χ1n) is 8.14. The van der Waals surface area contributed by atoms with E-state index in [1.165, 1.54) is 4.57 Å². The fourth-order valence-corrected chi connectivity index (χ4v) is 4.04. The number of aromatic nitrogens is 1. The van der Waals surface area contributed by atoms with Crippen LogP contribution in [0.2, 0.25) is 0 Å². The third-order valence-corrected chi connectivity index (χ3v) is 5.51. The zero-order valence-corrected chi connectivity index (χ0v) is 17.3. The van der Waals surface area contributed by atoms with Gasteiger partial charge in [0.25, 0.3) is 0 Å². The Bertz CT molecular complexity index is 1160. The van der Waals surface area contributed by atoms with Crippen LogP contribution in [0, 0.1) is 0 Å². The van der Waals surface area contributed by atoms with E-state index in [-0.39, 0.29) is 11.8 Å². The summed E-state index contributed by atoms with van der Waals surface area (Å²) in [7, 11) is 0. The molecule has 0 bridgehead atoms. The first-order valence-corrected chi connectivity index (χ1v) is 9.73. The molecule has 0 amide bonds. The predicted molar refractivity (Wildman–Crippen MR) is 106 cm³/mol. The minimum Gasteiger partial charge on any atom is -0.309 e. The Hall–Kier alpha value is -2.00. The second-order valence-electron chi connectivity index (χ2n) is 6.42. The number of benzene rings is 3. The van der Waals surface area contributed by atoms with Crippen LogP contribution in [0.25, 0.3) is 27.5 Å². The highest BCUT2D eigenvalue weighted by Crippen LogP contribution is 2.40. The lowest BCUT2D eigenvalue weighted by atomic mass is 10.1. The Labute approximate surface area is 177 Å². The van der Waals surface area contributed by atoms with Crippen molar-refractivity contribution < 1.29 is 26.3 Å². The number of fused-ring (bicyclic) bond motifs is 3. The number of alkyl halides is 6. The predicted octanol–water partition coefficient (Wildman–Crippen LogP) is 8.35. The fourth-order valence-electron chi connectivity index (χ4n) is 3.31. The van der Waals surface area contributed by atoms with Crippen LogP contribution in [0.4, 0.5) is 26.3 Å². The summed E-state index contributed by atoms with van der Waals surface area (Å²) in [4.78, 5) is 0. The molecule has 0 aliphatic rings.